The summed E-state index contributed by atoms with van der Waals surface area (Å²) in [5, 5.41) is 2.79. The van der Waals surface area contributed by atoms with Crippen molar-refractivity contribution < 1.29 is 4.79 Å². The monoisotopic (exact) mass is 193 g/mol. The average molecular weight is 193 g/mol. The van der Waals surface area contributed by atoms with Crippen LogP contribution < -0.4 is 5.32 Å². The zero-order valence-corrected chi connectivity index (χ0v) is 8.96. The molecule has 76 valence electrons. The Hall–Kier alpha value is -1.45. The van der Waals surface area contributed by atoms with Gasteiger partial charge in [0.15, 0.2) is 0 Å². The van der Waals surface area contributed by atoms with Crippen LogP contribution in [0.2, 0.25) is 0 Å². The summed E-state index contributed by atoms with van der Waals surface area (Å²) in [4.78, 5) is 19.4. The van der Waals surface area contributed by atoms with Gasteiger partial charge in [-0.1, -0.05) is 0 Å². The van der Waals surface area contributed by atoms with Gasteiger partial charge in [0.2, 0.25) is 5.82 Å². The molecule has 4 nitrogen and oxygen atoms in total. The van der Waals surface area contributed by atoms with Crippen molar-refractivity contribution in [1.29, 1.82) is 0 Å². The Bertz CT molecular complexity index is 324. The highest BCUT2D eigenvalue weighted by molar-refractivity contribution is 5.90. The molecular formula is C10H15N3O. The molecule has 0 atom stereocenters. The second kappa shape index (κ2) is 3.74. The van der Waals surface area contributed by atoms with Crippen LogP contribution >= 0.6 is 0 Å². The van der Waals surface area contributed by atoms with E-state index < -0.39 is 0 Å². The Labute approximate surface area is 83.8 Å². The summed E-state index contributed by atoms with van der Waals surface area (Å²) in [5.74, 6) is -0.0250. The van der Waals surface area contributed by atoms with E-state index in [4.69, 9.17) is 0 Å². The van der Waals surface area contributed by atoms with E-state index in [1.165, 1.54) is 0 Å². The third kappa shape index (κ3) is 3.12. The molecule has 1 amide bonds. The number of hydrogen-bond acceptors (Lipinski definition) is 3. The first-order chi connectivity index (χ1) is 6.38. The summed E-state index contributed by atoms with van der Waals surface area (Å²) >= 11 is 0. The third-order valence-corrected chi connectivity index (χ3v) is 1.47. The molecular weight excluding hydrogens is 178 g/mol. The standard InChI is InChI=1S/C10H15N3O/c1-7-5-11-8(12-6-7)9(14)13-10(2,3)4/h5-6H,1-4H3,(H,13,14). The van der Waals surface area contributed by atoms with Crippen LogP contribution in [-0.2, 0) is 0 Å². The summed E-state index contributed by atoms with van der Waals surface area (Å²) in [6.07, 6.45) is 3.26. The van der Waals surface area contributed by atoms with Crippen molar-refractivity contribution in [2.45, 2.75) is 33.2 Å². The van der Waals surface area contributed by atoms with Crippen molar-refractivity contribution in [2.24, 2.45) is 0 Å². The molecule has 0 aliphatic carbocycles. The number of carbonyl (C=O) groups is 1. The van der Waals surface area contributed by atoms with Crippen molar-refractivity contribution in [3.8, 4) is 0 Å². The normalized spacial score (nSPS) is 11.1. The highest BCUT2D eigenvalue weighted by Gasteiger charge is 2.16. The lowest BCUT2D eigenvalue weighted by Crippen LogP contribution is -2.41. The maximum atomic E-state index is 11.5. The fraction of sp³-hybridized carbons (Fsp3) is 0.500. The van der Waals surface area contributed by atoms with Crippen LogP contribution in [0, 0.1) is 6.92 Å². The van der Waals surface area contributed by atoms with Gasteiger partial charge in [0.1, 0.15) is 0 Å². The molecule has 0 unspecified atom stereocenters. The Morgan fingerprint density at radius 1 is 1.29 bits per heavy atom. The molecule has 0 aromatic carbocycles. The molecule has 0 aliphatic heterocycles. The van der Waals surface area contributed by atoms with Crippen LogP contribution in [0.4, 0.5) is 0 Å². The highest BCUT2D eigenvalue weighted by Crippen LogP contribution is 2.01. The molecule has 0 fully saturated rings. The third-order valence-electron chi connectivity index (χ3n) is 1.47. The molecule has 0 bridgehead atoms. The smallest absolute Gasteiger partial charge is 0.289 e. The minimum absolute atomic E-state index is 0.213. The van der Waals surface area contributed by atoms with E-state index in [0.29, 0.717) is 0 Å². The van der Waals surface area contributed by atoms with Crippen LogP contribution in [0.1, 0.15) is 37.0 Å². The number of amides is 1. The quantitative estimate of drug-likeness (QED) is 0.731. The minimum atomic E-state index is -0.259. The first-order valence-corrected chi connectivity index (χ1v) is 4.50. The zero-order valence-electron chi connectivity index (χ0n) is 8.96. The van der Waals surface area contributed by atoms with Gasteiger partial charge in [0.25, 0.3) is 5.91 Å². The minimum Gasteiger partial charge on any atom is -0.345 e. The van der Waals surface area contributed by atoms with E-state index in [1.807, 2.05) is 27.7 Å². The fourth-order valence-electron chi connectivity index (χ4n) is 0.906. The Kier molecular flexibility index (Phi) is 2.84. The molecule has 1 aromatic rings. The van der Waals surface area contributed by atoms with Crippen molar-refractivity contribution in [1.82, 2.24) is 15.3 Å². The van der Waals surface area contributed by atoms with Crippen LogP contribution in [0.5, 0.6) is 0 Å². The Morgan fingerprint density at radius 2 is 1.79 bits per heavy atom. The van der Waals surface area contributed by atoms with Crippen LogP contribution in [0.15, 0.2) is 12.4 Å². The van der Waals surface area contributed by atoms with E-state index >= 15 is 0 Å². The fourth-order valence-corrected chi connectivity index (χ4v) is 0.906. The van der Waals surface area contributed by atoms with Gasteiger partial charge in [0.05, 0.1) is 0 Å². The van der Waals surface area contributed by atoms with Gasteiger partial charge in [-0.15, -0.1) is 0 Å². The number of aryl methyl sites for hydroxylation is 1. The van der Waals surface area contributed by atoms with Gasteiger partial charge in [-0.05, 0) is 33.3 Å². The molecule has 0 spiro atoms. The molecule has 14 heavy (non-hydrogen) atoms. The summed E-state index contributed by atoms with van der Waals surface area (Å²) in [5.41, 5.74) is 0.683. The number of aromatic nitrogens is 2. The van der Waals surface area contributed by atoms with E-state index in [-0.39, 0.29) is 17.3 Å². The average Bonchev–Trinajstić information content (AvgIpc) is 2.02. The van der Waals surface area contributed by atoms with Crippen LogP contribution in [-0.4, -0.2) is 21.4 Å². The summed E-state index contributed by atoms with van der Waals surface area (Å²) in [6, 6.07) is 0. The summed E-state index contributed by atoms with van der Waals surface area (Å²) in [6.45, 7) is 7.63. The molecule has 1 aromatic heterocycles. The largest absolute Gasteiger partial charge is 0.345 e. The predicted octanol–water partition coefficient (Wildman–Crippen LogP) is 1.31. The lowest BCUT2D eigenvalue weighted by molar-refractivity contribution is 0.0908. The van der Waals surface area contributed by atoms with Crippen molar-refractivity contribution in [2.75, 3.05) is 0 Å². The molecule has 0 aliphatic rings. The lowest BCUT2D eigenvalue weighted by atomic mass is 10.1. The summed E-state index contributed by atoms with van der Waals surface area (Å²) in [7, 11) is 0. The molecule has 1 rings (SSSR count). The molecule has 1 N–H and O–H groups in total. The number of nitrogens with one attached hydrogen (secondary N) is 1. The van der Waals surface area contributed by atoms with Gasteiger partial charge in [-0.25, -0.2) is 9.97 Å². The molecule has 1 heterocycles. The second-order valence-corrected chi connectivity index (χ2v) is 4.29. The van der Waals surface area contributed by atoms with Crippen LogP contribution in [0.3, 0.4) is 0 Å². The SMILES string of the molecule is Cc1cnc(C(=O)NC(C)(C)C)nc1. The molecule has 4 heteroatoms. The van der Waals surface area contributed by atoms with E-state index in [2.05, 4.69) is 15.3 Å². The number of hydrogen-bond donors (Lipinski definition) is 1. The maximum Gasteiger partial charge on any atom is 0.289 e. The van der Waals surface area contributed by atoms with Gasteiger partial charge in [-0.3, -0.25) is 4.79 Å². The van der Waals surface area contributed by atoms with Gasteiger partial charge >= 0.3 is 0 Å². The van der Waals surface area contributed by atoms with E-state index in [1.54, 1.807) is 12.4 Å². The van der Waals surface area contributed by atoms with E-state index in [0.717, 1.165) is 5.56 Å². The molecule has 0 radical (unpaired) electrons. The predicted molar refractivity (Wildman–Crippen MR) is 54.0 cm³/mol. The first kappa shape index (κ1) is 10.6. The van der Waals surface area contributed by atoms with Crippen molar-refractivity contribution >= 4 is 5.91 Å². The highest BCUT2D eigenvalue weighted by atomic mass is 16.2. The summed E-state index contributed by atoms with van der Waals surface area (Å²) < 4.78 is 0. The number of rotatable bonds is 1. The zero-order chi connectivity index (χ0) is 10.8. The first-order valence-electron chi connectivity index (χ1n) is 4.50. The topological polar surface area (TPSA) is 54.9 Å². The second-order valence-electron chi connectivity index (χ2n) is 4.29. The maximum absolute atomic E-state index is 11.5. The molecule has 0 saturated carbocycles. The van der Waals surface area contributed by atoms with Crippen LogP contribution in [0.25, 0.3) is 0 Å². The van der Waals surface area contributed by atoms with E-state index in [9.17, 15) is 4.79 Å². The van der Waals surface area contributed by atoms with Crippen molar-refractivity contribution in [3.05, 3.63) is 23.8 Å². The van der Waals surface area contributed by atoms with Gasteiger partial charge < -0.3 is 5.32 Å². The number of nitrogens with zero attached hydrogens (tertiary/aromatic N) is 2. The lowest BCUT2D eigenvalue weighted by Gasteiger charge is -2.19. The number of carbonyl (C=O) groups excluding carboxylic acids is 1. The van der Waals surface area contributed by atoms with Crippen molar-refractivity contribution in [3.63, 3.8) is 0 Å². The van der Waals surface area contributed by atoms with Gasteiger partial charge in [-0.2, -0.15) is 0 Å². The Morgan fingerprint density at radius 3 is 2.21 bits per heavy atom. The molecule has 0 saturated heterocycles. The van der Waals surface area contributed by atoms with Gasteiger partial charge in [0, 0.05) is 17.9 Å². The Balaban J connectivity index is 2.76.